The Morgan fingerprint density at radius 3 is 2.50 bits per heavy atom. The molecule has 0 aromatic carbocycles. The molecule has 1 spiro atoms. The lowest BCUT2D eigenvalue weighted by molar-refractivity contribution is 0.0830. The molecule has 0 radical (unpaired) electrons. The van der Waals surface area contributed by atoms with Crippen molar-refractivity contribution < 1.29 is 4.79 Å². The third-order valence-corrected chi connectivity index (χ3v) is 4.51. The second-order valence-corrected chi connectivity index (χ2v) is 7.15. The predicted molar refractivity (Wildman–Crippen MR) is 81.7 cm³/mol. The van der Waals surface area contributed by atoms with Crippen LogP contribution in [0.25, 0.3) is 0 Å². The molecule has 2 heterocycles. The van der Waals surface area contributed by atoms with E-state index in [9.17, 15) is 4.79 Å². The normalized spacial score (nSPS) is 21.4. The minimum atomic E-state index is -0.0566. The van der Waals surface area contributed by atoms with E-state index in [4.69, 9.17) is 0 Å². The first-order valence-corrected chi connectivity index (χ1v) is 7.23. The number of rotatable bonds is 0. The molecule has 1 saturated heterocycles. The third kappa shape index (κ3) is 2.63. The molecule has 1 fully saturated rings. The third-order valence-electron chi connectivity index (χ3n) is 4.51. The maximum absolute atomic E-state index is 12.4. The van der Waals surface area contributed by atoms with Crippen LogP contribution in [-0.4, -0.2) is 28.7 Å². The number of piperidine rings is 1. The Morgan fingerprint density at radius 2 is 1.90 bits per heavy atom. The summed E-state index contributed by atoms with van der Waals surface area (Å²) in [5, 5.41) is 7.93. The first-order chi connectivity index (χ1) is 8.90. The first kappa shape index (κ1) is 15.5. The van der Waals surface area contributed by atoms with Gasteiger partial charge in [0.25, 0.3) is 0 Å². The van der Waals surface area contributed by atoms with Crippen LogP contribution in [0, 0.1) is 5.41 Å². The molecule has 0 unspecified atom stereocenters. The fourth-order valence-electron chi connectivity index (χ4n) is 3.32. The number of hydrogen-bond acceptors (Lipinski definition) is 3. The molecule has 5 heteroatoms. The molecule has 0 amide bonds. The number of halogens is 1. The zero-order chi connectivity index (χ0) is 13.7. The van der Waals surface area contributed by atoms with Crippen LogP contribution in [0.4, 0.5) is 0 Å². The molecule has 2 aliphatic rings. The number of Topliss-reactive ketones (excluding diaryl/α,β-unsaturated/α-hetero) is 1. The van der Waals surface area contributed by atoms with Crippen molar-refractivity contribution in [1.82, 2.24) is 15.1 Å². The fraction of sp³-hybridized carbons (Fsp3) is 0.733. The molecule has 0 bridgehead atoms. The van der Waals surface area contributed by atoms with Gasteiger partial charge in [-0.3, -0.25) is 9.48 Å². The van der Waals surface area contributed by atoms with Crippen LogP contribution in [0.5, 0.6) is 0 Å². The van der Waals surface area contributed by atoms with E-state index < -0.39 is 0 Å². The summed E-state index contributed by atoms with van der Waals surface area (Å²) in [5.74, 6) is 0.242. The largest absolute Gasteiger partial charge is 0.317 e. The van der Waals surface area contributed by atoms with Gasteiger partial charge in [0.2, 0.25) is 0 Å². The van der Waals surface area contributed by atoms with E-state index in [1.807, 2.05) is 4.68 Å². The molecule has 20 heavy (non-hydrogen) atoms. The van der Waals surface area contributed by atoms with Crippen LogP contribution in [0.1, 0.15) is 56.1 Å². The number of nitrogens with one attached hydrogen (secondary N) is 1. The Bertz CT molecular complexity index is 510. The van der Waals surface area contributed by atoms with Crippen LogP contribution >= 0.6 is 12.4 Å². The minimum absolute atomic E-state index is 0. The number of hydrogen-bond donors (Lipinski definition) is 1. The molecular formula is C15H24ClN3O. The molecule has 1 N–H and O–H groups in total. The van der Waals surface area contributed by atoms with Crippen molar-refractivity contribution in [2.45, 2.75) is 52.0 Å². The lowest BCUT2D eigenvalue weighted by Gasteiger charge is -2.39. The van der Waals surface area contributed by atoms with E-state index in [-0.39, 0.29) is 29.1 Å². The van der Waals surface area contributed by atoms with Crippen molar-refractivity contribution >= 4 is 18.2 Å². The van der Waals surface area contributed by atoms with Gasteiger partial charge in [-0.15, -0.1) is 12.4 Å². The van der Waals surface area contributed by atoms with E-state index >= 15 is 0 Å². The van der Waals surface area contributed by atoms with Crippen molar-refractivity contribution in [2.24, 2.45) is 5.41 Å². The van der Waals surface area contributed by atoms with Crippen LogP contribution < -0.4 is 5.32 Å². The summed E-state index contributed by atoms with van der Waals surface area (Å²) in [5.41, 5.74) is 2.02. The topological polar surface area (TPSA) is 46.9 Å². The number of carbonyl (C=O) groups excluding carboxylic acids is 1. The van der Waals surface area contributed by atoms with Gasteiger partial charge in [-0.05, 0) is 58.5 Å². The fourth-order valence-corrected chi connectivity index (χ4v) is 3.32. The van der Waals surface area contributed by atoms with Crippen molar-refractivity contribution in [3.8, 4) is 0 Å². The smallest absolute Gasteiger partial charge is 0.183 e. The number of ketones is 1. The van der Waals surface area contributed by atoms with E-state index in [0.717, 1.165) is 43.6 Å². The number of aromatic nitrogens is 2. The lowest BCUT2D eigenvalue weighted by atomic mass is 9.67. The summed E-state index contributed by atoms with van der Waals surface area (Å²) in [6, 6.07) is 0. The zero-order valence-electron chi connectivity index (χ0n) is 12.5. The maximum atomic E-state index is 12.4. The van der Waals surface area contributed by atoms with E-state index in [1.165, 1.54) is 0 Å². The van der Waals surface area contributed by atoms with Gasteiger partial charge in [0, 0.05) is 18.2 Å². The lowest BCUT2D eigenvalue weighted by Crippen LogP contribution is -2.41. The van der Waals surface area contributed by atoms with Crippen molar-refractivity contribution in [1.29, 1.82) is 0 Å². The molecule has 1 aromatic heterocycles. The van der Waals surface area contributed by atoms with Crippen LogP contribution in [-0.2, 0) is 12.0 Å². The monoisotopic (exact) mass is 297 g/mol. The molecule has 1 aliphatic heterocycles. The van der Waals surface area contributed by atoms with Gasteiger partial charge in [-0.2, -0.15) is 5.10 Å². The molecule has 1 aromatic rings. The minimum Gasteiger partial charge on any atom is -0.317 e. The number of nitrogens with zero attached hydrogens (tertiary/aromatic N) is 2. The Hall–Kier alpha value is -0.870. The van der Waals surface area contributed by atoms with Gasteiger partial charge >= 0.3 is 0 Å². The summed E-state index contributed by atoms with van der Waals surface area (Å²) < 4.78 is 1.95. The molecule has 1 aliphatic carbocycles. The van der Waals surface area contributed by atoms with E-state index in [2.05, 4.69) is 37.4 Å². The van der Waals surface area contributed by atoms with Crippen molar-refractivity contribution in [3.05, 3.63) is 17.5 Å². The summed E-state index contributed by atoms with van der Waals surface area (Å²) in [7, 11) is 0. The predicted octanol–water partition coefficient (Wildman–Crippen LogP) is 2.56. The van der Waals surface area contributed by atoms with Gasteiger partial charge in [0.05, 0.1) is 5.54 Å². The highest BCUT2D eigenvalue weighted by atomic mass is 35.5. The standard InChI is InChI=1S/C15H23N3O.ClH/c1-14(2,3)18-10-11-8-15(4-6-16-7-5-15)9-12(19)13(11)17-18;/h10,16H,4-9H2,1-3H3;1H. The maximum Gasteiger partial charge on any atom is 0.183 e. The molecule has 4 nitrogen and oxygen atoms in total. The molecular weight excluding hydrogens is 274 g/mol. The summed E-state index contributed by atoms with van der Waals surface area (Å²) in [6.45, 7) is 8.44. The molecule has 0 saturated carbocycles. The second-order valence-electron chi connectivity index (χ2n) is 7.15. The molecule has 3 rings (SSSR count). The van der Waals surface area contributed by atoms with Crippen LogP contribution in [0.3, 0.4) is 0 Å². The summed E-state index contributed by atoms with van der Waals surface area (Å²) >= 11 is 0. The molecule has 112 valence electrons. The highest BCUT2D eigenvalue weighted by molar-refractivity contribution is 5.97. The van der Waals surface area contributed by atoms with Gasteiger partial charge in [-0.25, -0.2) is 0 Å². The van der Waals surface area contributed by atoms with Gasteiger partial charge in [-0.1, -0.05) is 0 Å². The van der Waals surface area contributed by atoms with Crippen molar-refractivity contribution in [3.63, 3.8) is 0 Å². The van der Waals surface area contributed by atoms with Gasteiger partial charge in [0.15, 0.2) is 5.78 Å². The highest BCUT2D eigenvalue weighted by Gasteiger charge is 2.41. The summed E-state index contributed by atoms with van der Waals surface area (Å²) in [6.07, 6.45) is 6.02. The van der Waals surface area contributed by atoms with Gasteiger partial charge in [0.1, 0.15) is 5.69 Å². The Kier molecular flexibility index (Phi) is 4.00. The van der Waals surface area contributed by atoms with E-state index in [1.54, 1.807) is 0 Å². The van der Waals surface area contributed by atoms with Crippen LogP contribution in [0.2, 0.25) is 0 Å². The SMILES string of the molecule is CC(C)(C)n1cc2c(n1)C(=O)CC1(CCNCC1)C2.Cl. The Balaban J connectivity index is 0.00000147. The van der Waals surface area contributed by atoms with Gasteiger partial charge < -0.3 is 5.32 Å². The highest BCUT2D eigenvalue weighted by Crippen LogP contribution is 2.42. The number of fused-ring (bicyclic) bond motifs is 1. The average molecular weight is 298 g/mol. The van der Waals surface area contributed by atoms with Crippen molar-refractivity contribution in [2.75, 3.05) is 13.1 Å². The Labute approximate surface area is 126 Å². The second kappa shape index (κ2) is 5.15. The van der Waals surface area contributed by atoms with Crippen LogP contribution in [0.15, 0.2) is 6.20 Å². The quantitative estimate of drug-likeness (QED) is 0.800. The average Bonchev–Trinajstić information content (AvgIpc) is 2.73. The Morgan fingerprint density at radius 1 is 1.25 bits per heavy atom. The molecule has 0 atom stereocenters. The summed E-state index contributed by atoms with van der Waals surface area (Å²) in [4.78, 5) is 12.4. The van der Waals surface area contributed by atoms with E-state index in [0.29, 0.717) is 6.42 Å². The number of carbonyl (C=O) groups is 1. The zero-order valence-corrected chi connectivity index (χ0v) is 13.3. The first-order valence-electron chi connectivity index (χ1n) is 7.23.